The topological polar surface area (TPSA) is 96.0 Å². The Balaban J connectivity index is 1.73. The van der Waals surface area contributed by atoms with E-state index in [9.17, 15) is 19.2 Å². The fraction of sp³-hybridized carbons (Fsp3) is 0.304. The molecule has 8 nitrogen and oxygen atoms in total. The largest absolute Gasteiger partial charge is 0.443 e. The second-order valence-electron chi connectivity index (χ2n) is 8.78. The van der Waals surface area contributed by atoms with Gasteiger partial charge in [0.2, 0.25) is 0 Å². The summed E-state index contributed by atoms with van der Waals surface area (Å²) in [6.45, 7) is 5.09. The summed E-state index contributed by atoms with van der Waals surface area (Å²) >= 11 is 3.36. The van der Waals surface area contributed by atoms with Crippen molar-refractivity contribution < 1.29 is 23.9 Å². The van der Waals surface area contributed by atoms with E-state index in [0.717, 1.165) is 10.0 Å². The molecule has 2 heterocycles. The van der Waals surface area contributed by atoms with E-state index in [1.807, 2.05) is 12.1 Å². The number of rotatable bonds is 3. The molecule has 2 aliphatic heterocycles. The van der Waals surface area contributed by atoms with Crippen molar-refractivity contribution in [2.24, 2.45) is 0 Å². The van der Waals surface area contributed by atoms with E-state index in [4.69, 9.17) is 4.74 Å². The van der Waals surface area contributed by atoms with Gasteiger partial charge in [0.05, 0.1) is 6.54 Å². The summed E-state index contributed by atoms with van der Waals surface area (Å²) in [6, 6.07) is 13.1. The van der Waals surface area contributed by atoms with Crippen LogP contribution in [0.25, 0.3) is 0 Å². The Morgan fingerprint density at radius 3 is 2.38 bits per heavy atom. The molecule has 1 atom stereocenters. The summed E-state index contributed by atoms with van der Waals surface area (Å²) in [5, 5.41) is 2.67. The molecule has 2 aromatic carbocycles. The Bertz CT molecular complexity index is 1130. The summed E-state index contributed by atoms with van der Waals surface area (Å²) in [4.78, 5) is 54.1. The van der Waals surface area contributed by atoms with Crippen LogP contribution in [0.4, 0.5) is 9.59 Å². The molecule has 0 spiro atoms. The van der Waals surface area contributed by atoms with Crippen molar-refractivity contribution in [1.29, 1.82) is 0 Å². The van der Waals surface area contributed by atoms with Crippen molar-refractivity contribution in [1.82, 2.24) is 15.1 Å². The molecule has 2 aromatic rings. The summed E-state index contributed by atoms with van der Waals surface area (Å²) in [7, 11) is 0. The molecule has 4 rings (SSSR count). The van der Waals surface area contributed by atoms with Gasteiger partial charge in [-0.15, -0.1) is 0 Å². The first kappa shape index (κ1) is 22.0. The molecule has 0 bridgehead atoms. The first-order valence-corrected chi connectivity index (χ1v) is 10.8. The molecule has 32 heavy (non-hydrogen) atoms. The van der Waals surface area contributed by atoms with Crippen LogP contribution in [0.3, 0.4) is 0 Å². The van der Waals surface area contributed by atoms with Gasteiger partial charge in [0.25, 0.3) is 11.8 Å². The van der Waals surface area contributed by atoms with E-state index in [1.165, 1.54) is 4.90 Å². The van der Waals surface area contributed by atoms with Gasteiger partial charge in [-0.2, -0.15) is 4.90 Å². The van der Waals surface area contributed by atoms with Crippen LogP contribution in [0.15, 0.2) is 53.0 Å². The minimum atomic E-state index is -1.63. The fourth-order valence-electron chi connectivity index (χ4n) is 3.91. The van der Waals surface area contributed by atoms with Crippen molar-refractivity contribution in [3.63, 3.8) is 0 Å². The molecule has 1 saturated heterocycles. The minimum absolute atomic E-state index is 0.133. The lowest BCUT2D eigenvalue weighted by Gasteiger charge is -2.31. The third-order valence-electron chi connectivity index (χ3n) is 5.33. The van der Waals surface area contributed by atoms with Gasteiger partial charge >= 0.3 is 12.1 Å². The van der Waals surface area contributed by atoms with Crippen molar-refractivity contribution >= 4 is 39.9 Å². The number of imide groups is 3. The Hall–Kier alpha value is -3.20. The Morgan fingerprint density at radius 1 is 1.09 bits per heavy atom. The smallest absolute Gasteiger partial charge is 0.425 e. The van der Waals surface area contributed by atoms with Crippen LogP contribution in [0.1, 0.15) is 42.3 Å². The number of hydrogen-bond donors (Lipinski definition) is 1. The van der Waals surface area contributed by atoms with Crippen LogP contribution >= 0.6 is 15.9 Å². The monoisotopic (exact) mass is 499 g/mol. The molecule has 166 valence electrons. The molecule has 0 radical (unpaired) electrons. The Morgan fingerprint density at radius 2 is 1.75 bits per heavy atom. The zero-order chi connectivity index (χ0) is 23.3. The molecule has 0 aliphatic carbocycles. The average molecular weight is 500 g/mol. The first-order valence-electron chi connectivity index (χ1n) is 10.0. The summed E-state index contributed by atoms with van der Waals surface area (Å²) in [6.07, 6.45) is -1.06. The molecule has 1 fully saturated rings. The molecule has 0 saturated carbocycles. The normalized spacial score (nSPS) is 20.4. The lowest BCUT2D eigenvalue weighted by molar-refractivity contribution is -0.131. The van der Waals surface area contributed by atoms with Gasteiger partial charge in [-0.05, 0) is 50.1 Å². The Labute approximate surface area is 193 Å². The van der Waals surface area contributed by atoms with E-state index in [1.54, 1.807) is 57.2 Å². The van der Waals surface area contributed by atoms with E-state index in [2.05, 4.69) is 21.2 Å². The molecule has 9 heteroatoms. The van der Waals surface area contributed by atoms with Crippen molar-refractivity contribution in [2.45, 2.75) is 38.5 Å². The van der Waals surface area contributed by atoms with Crippen LogP contribution in [0.5, 0.6) is 0 Å². The molecule has 0 aromatic heterocycles. The lowest BCUT2D eigenvalue weighted by atomic mass is 9.89. The molecule has 2 aliphatic rings. The van der Waals surface area contributed by atoms with E-state index in [0.29, 0.717) is 22.6 Å². The number of carbonyl (C=O) groups is 4. The first-order chi connectivity index (χ1) is 15.0. The van der Waals surface area contributed by atoms with Gasteiger partial charge < -0.3 is 15.0 Å². The summed E-state index contributed by atoms with van der Waals surface area (Å²) in [5.41, 5.74) is -0.684. The van der Waals surface area contributed by atoms with Gasteiger partial charge in [-0.1, -0.05) is 46.3 Å². The van der Waals surface area contributed by atoms with Crippen molar-refractivity contribution in [2.75, 3.05) is 6.54 Å². The zero-order valence-electron chi connectivity index (χ0n) is 17.8. The van der Waals surface area contributed by atoms with Crippen LogP contribution in [-0.2, 0) is 21.6 Å². The number of nitrogens with zero attached hydrogens (tertiary/aromatic N) is 2. The number of halogens is 1. The maximum atomic E-state index is 13.6. The molecule has 0 unspecified atom stereocenters. The van der Waals surface area contributed by atoms with Crippen LogP contribution in [0, 0.1) is 0 Å². The lowest BCUT2D eigenvalue weighted by Crippen LogP contribution is -2.53. The highest BCUT2D eigenvalue weighted by Crippen LogP contribution is 2.35. The van der Waals surface area contributed by atoms with Gasteiger partial charge in [0.1, 0.15) is 5.60 Å². The fourth-order valence-corrected chi connectivity index (χ4v) is 4.17. The minimum Gasteiger partial charge on any atom is -0.443 e. The highest BCUT2D eigenvalue weighted by molar-refractivity contribution is 9.10. The van der Waals surface area contributed by atoms with Crippen LogP contribution in [0.2, 0.25) is 0 Å². The SMILES string of the molecule is CC(C)(C)OC(=O)N1C(=O)N[C@](CN2Cc3ccccc3C2=O)(c2ccc(Br)cc2)C1=O. The van der Waals surface area contributed by atoms with Crippen molar-refractivity contribution in [3.8, 4) is 0 Å². The number of benzene rings is 2. The van der Waals surface area contributed by atoms with Gasteiger partial charge in [0.15, 0.2) is 5.54 Å². The van der Waals surface area contributed by atoms with Gasteiger partial charge in [-0.3, -0.25) is 9.59 Å². The number of carbonyl (C=O) groups excluding carboxylic acids is 4. The van der Waals surface area contributed by atoms with Gasteiger partial charge in [-0.25, -0.2) is 9.59 Å². The van der Waals surface area contributed by atoms with E-state index >= 15 is 0 Å². The zero-order valence-corrected chi connectivity index (χ0v) is 19.4. The van der Waals surface area contributed by atoms with Crippen molar-refractivity contribution in [3.05, 3.63) is 69.7 Å². The quantitative estimate of drug-likeness (QED) is 0.648. The van der Waals surface area contributed by atoms with Crippen LogP contribution in [-0.4, -0.2) is 45.9 Å². The van der Waals surface area contributed by atoms with E-state index < -0.39 is 29.2 Å². The number of nitrogens with one attached hydrogen (secondary N) is 1. The third kappa shape index (κ3) is 3.77. The predicted octanol–water partition coefficient (Wildman–Crippen LogP) is 3.79. The second kappa shape index (κ2) is 7.74. The van der Waals surface area contributed by atoms with E-state index in [-0.39, 0.29) is 12.5 Å². The second-order valence-corrected chi connectivity index (χ2v) is 9.70. The van der Waals surface area contributed by atoms with Crippen LogP contribution < -0.4 is 5.32 Å². The number of amides is 5. The highest BCUT2D eigenvalue weighted by Gasteiger charge is 2.57. The third-order valence-corrected chi connectivity index (χ3v) is 5.86. The highest BCUT2D eigenvalue weighted by atomic mass is 79.9. The average Bonchev–Trinajstić information content (AvgIpc) is 3.15. The number of ether oxygens (including phenoxy) is 1. The summed E-state index contributed by atoms with van der Waals surface area (Å²) < 4.78 is 6.05. The standard InChI is InChI=1S/C23H22BrN3O5/c1-22(2,3)32-21(31)27-19(29)23(25-20(27)30,15-8-10-16(24)11-9-15)13-26-12-14-6-4-5-7-17(14)18(26)28/h4-11H,12-13H2,1-3H3,(H,25,30)/t23-/m1/s1. The predicted molar refractivity (Wildman–Crippen MR) is 119 cm³/mol. The molecular formula is C23H22BrN3O5. The molecule has 5 amide bonds. The number of hydrogen-bond acceptors (Lipinski definition) is 5. The Kier molecular flexibility index (Phi) is 5.32. The maximum absolute atomic E-state index is 13.6. The number of fused-ring (bicyclic) bond motifs is 1. The summed E-state index contributed by atoms with van der Waals surface area (Å²) in [5.74, 6) is -1.03. The molecular weight excluding hydrogens is 478 g/mol. The maximum Gasteiger partial charge on any atom is 0.425 e. The van der Waals surface area contributed by atoms with Gasteiger partial charge in [0, 0.05) is 16.6 Å². The molecule has 1 N–H and O–H groups in total. The number of urea groups is 1.